The highest BCUT2D eigenvalue weighted by molar-refractivity contribution is 5.98. The van der Waals surface area contributed by atoms with E-state index in [2.05, 4.69) is 5.32 Å². The fourth-order valence-electron chi connectivity index (χ4n) is 2.24. The molecule has 0 spiro atoms. The molecule has 2 rings (SSSR count). The Morgan fingerprint density at radius 2 is 1.76 bits per heavy atom. The number of nitrogens with one attached hydrogen (secondary N) is 1. The lowest BCUT2D eigenvalue weighted by molar-refractivity contribution is 0.0895. The standard InChI is InChI=1S/C14H20N2O/c1-16(2)13-5-3-11(4-6-13)14(17)12-7-9-15-10-8-12/h3-6,12,15H,7-10H2,1-2H3. The minimum absolute atomic E-state index is 0.210. The molecule has 1 heterocycles. The van der Waals surface area contributed by atoms with Crippen LogP contribution in [0.1, 0.15) is 23.2 Å². The van der Waals surface area contributed by atoms with Gasteiger partial charge in [0.15, 0.2) is 5.78 Å². The highest BCUT2D eigenvalue weighted by Crippen LogP contribution is 2.20. The van der Waals surface area contributed by atoms with Crippen LogP contribution in [0.3, 0.4) is 0 Å². The fourth-order valence-corrected chi connectivity index (χ4v) is 2.24. The Hall–Kier alpha value is -1.35. The average molecular weight is 232 g/mol. The molecule has 0 saturated carbocycles. The molecule has 1 aliphatic rings. The van der Waals surface area contributed by atoms with Gasteiger partial charge in [-0.3, -0.25) is 4.79 Å². The van der Waals surface area contributed by atoms with Gasteiger partial charge in [-0.05, 0) is 50.2 Å². The van der Waals surface area contributed by atoms with Crippen molar-refractivity contribution in [1.29, 1.82) is 0 Å². The van der Waals surface area contributed by atoms with Crippen molar-refractivity contribution in [1.82, 2.24) is 5.32 Å². The van der Waals surface area contributed by atoms with Crippen molar-refractivity contribution < 1.29 is 4.79 Å². The fraction of sp³-hybridized carbons (Fsp3) is 0.500. The van der Waals surface area contributed by atoms with Gasteiger partial charge in [0, 0.05) is 31.3 Å². The number of benzene rings is 1. The quantitative estimate of drug-likeness (QED) is 0.808. The number of piperidine rings is 1. The topological polar surface area (TPSA) is 32.3 Å². The van der Waals surface area contributed by atoms with Gasteiger partial charge in [-0.2, -0.15) is 0 Å². The van der Waals surface area contributed by atoms with Crippen molar-refractivity contribution in [3.05, 3.63) is 29.8 Å². The molecule has 1 aliphatic heterocycles. The van der Waals surface area contributed by atoms with E-state index < -0.39 is 0 Å². The maximum absolute atomic E-state index is 12.2. The van der Waals surface area contributed by atoms with Crippen molar-refractivity contribution in [2.75, 3.05) is 32.1 Å². The molecule has 92 valence electrons. The van der Waals surface area contributed by atoms with E-state index in [9.17, 15) is 4.79 Å². The highest BCUT2D eigenvalue weighted by Gasteiger charge is 2.21. The SMILES string of the molecule is CN(C)c1ccc(C(=O)C2CCNCC2)cc1. The van der Waals surface area contributed by atoms with Gasteiger partial charge in [-0.25, -0.2) is 0 Å². The lowest BCUT2D eigenvalue weighted by atomic mass is 9.89. The van der Waals surface area contributed by atoms with Gasteiger partial charge in [0.25, 0.3) is 0 Å². The van der Waals surface area contributed by atoms with Gasteiger partial charge in [0.2, 0.25) is 0 Å². The van der Waals surface area contributed by atoms with E-state index in [-0.39, 0.29) is 5.92 Å². The molecule has 3 heteroatoms. The number of carbonyl (C=O) groups excluding carboxylic acids is 1. The van der Waals surface area contributed by atoms with Crippen LogP contribution in [0.2, 0.25) is 0 Å². The Bertz CT molecular complexity index is 378. The molecular formula is C14H20N2O. The van der Waals surface area contributed by atoms with E-state index in [4.69, 9.17) is 0 Å². The van der Waals surface area contributed by atoms with Crippen LogP contribution < -0.4 is 10.2 Å². The van der Waals surface area contributed by atoms with E-state index in [1.165, 1.54) is 0 Å². The lowest BCUT2D eigenvalue weighted by Crippen LogP contribution is -2.31. The van der Waals surface area contributed by atoms with Crippen molar-refractivity contribution >= 4 is 11.5 Å². The molecule has 1 saturated heterocycles. The summed E-state index contributed by atoms with van der Waals surface area (Å²) in [5.74, 6) is 0.512. The number of anilines is 1. The van der Waals surface area contributed by atoms with Crippen LogP contribution in [0.25, 0.3) is 0 Å². The summed E-state index contributed by atoms with van der Waals surface area (Å²) < 4.78 is 0. The minimum atomic E-state index is 0.210. The van der Waals surface area contributed by atoms with E-state index in [1.807, 2.05) is 43.3 Å². The molecule has 1 fully saturated rings. The summed E-state index contributed by atoms with van der Waals surface area (Å²) in [6.07, 6.45) is 1.93. The summed E-state index contributed by atoms with van der Waals surface area (Å²) in [5.41, 5.74) is 1.98. The van der Waals surface area contributed by atoms with E-state index in [0.717, 1.165) is 37.2 Å². The summed E-state index contributed by atoms with van der Waals surface area (Å²) in [4.78, 5) is 14.3. The molecule has 0 radical (unpaired) electrons. The van der Waals surface area contributed by atoms with Gasteiger partial charge in [0.1, 0.15) is 0 Å². The maximum atomic E-state index is 12.2. The lowest BCUT2D eigenvalue weighted by Gasteiger charge is -2.21. The van der Waals surface area contributed by atoms with Gasteiger partial charge >= 0.3 is 0 Å². The molecule has 3 nitrogen and oxygen atoms in total. The van der Waals surface area contributed by atoms with Crippen molar-refractivity contribution in [2.45, 2.75) is 12.8 Å². The third-order valence-electron chi connectivity index (χ3n) is 3.38. The number of rotatable bonds is 3. The Morgan fingerprint density at radius 3 is 2.29 bits per heavy atom. The van der Waals surface area contributed by atoms with Crippen molar-refractivity contribution in [3.63, 3.8) is 0 Å². The Labute approximate surface area is 103 Å². The third kappa shape index (κ3) is 2.86. The van der Waals surface area contributed by atoms with Crippen LogP contribution in [0.4, 0.5) is 5.69 Å². The monoisotopic (exact) mass is 232 g/mol. The van der Waals surface area contributed by atoms with Crippen LogP contribution in [-0.4, -0.2) is 33.0 Å². The summed E-state index contributed by atoms with van der Waals surface area (Å²) in [6, 6.07) is 7.90. The summed E-state index contributed by atoms with van der Waals surface area (Å²) in [5, 5.41) is 3.29. The third-order valence-corrected chi connectivity index (χ3v) is 3.38. The number of nitrogens with zero attached hydrogens (tertiary/aromatic N) is 1. The smallest absolute Gasteiger partial charge is 0.166 e. The second-order valence-corrected chi connectivity index (χ2v) is 4.83. The predicted molar refractivity (Wildman–Crippen MR) is 70.7 cm³/mol. The molecule has 17 heavy (non-hydrogen) atoms. The molecule has 0 aromatic heterocycles. The van der Waals surface area contributed by atoms with Crippen molar-refractivity contribution in [2.24, 2.45) is 5.92 Å². The summed E-state index contributed by atoms with van der Waals surface area (Å²) in [6.45, 7) is 1.93. The van der Waals surface area contributed by atoms with E-state index in [0.29, 0.717) is 5.78 Å². The van der Waals surface area contributed by atoms with Crippen LogP contribution >= 0.6 is 0 Å². The maximum Gasteiger partial charge on any atom is 0.166 e. The largest absolute Gasteiger partial charge is 0.378 e. The molecule has 1 aromatic rings. The Kier molecular flexibility index (Phi) is 3.79. The highest BCUT2D eigenvalue weighted by atomic mass is 16.1. The molecule has 1 N–H and O–H groups in total. The zero-order chi connectivity index (χ0) is 12.3. The molecule has 0 aliphatic carbocycles. The minimum Gasteiger partial charge on any atom is -0.378 e. The zero-order valence-electron chi connectivity index (χ0n) is 10.6. The number of ketones is 1. The molecule has 0 bridgehead atoms. The van der Waals surface area contributed by atoms with E-state index in [1.54, 1.807) is 0 Å². The van der Waals surface area contributed by atoms with Gasteiger partial charge in [0.05, 0.1) is 0 Å². The van der Waals surface area contributed by atoms with Gasteiger partial charge < -0.3 is 10.2 Å². The Balaban J connectivity index is 2.08. The first-order valence-corrected chi connectivity index (χ1v) is 6.21. The van der Waals surface area contributed by atoms with E-state index >= 15 is 0 Å². The van der Waals surface area contributed by atoms with Gasteiger partial charge in [-0.1, -0.05) is 0 Å². The second-order valence-electron chi connectivity index (χ2n) is 4.83. The zero-order valence-corrected chi connectivity index (χ0v) is 10.6. The first-order chi connectivity index (χ1) is 8.18. The second kappa shape index (κ2) is 5.32. The van der Waals surface area contributed by atoms with Crippen LogP contribution in [0.15, 0.2) is 24.3 Å². The predicted octanol–water partition coefficient (Wildman–Crippen LogP) is 1.93. The normalized spacial score (nSPS) is 16.8. The molecule has 1 aromatic carbocycles. The molecule has 0 atom stereocenters. The number of carbonyl (C=O) groups is 1. The first kappa shape index (κ1) is 12.1. The summed E-state index contributed by atoms with van der Waals surface area (Å²) in [7, 11) is 4.01. The summed E-state index contributed by atoms with van der Waals surface area (Å²) >= 11 is 0. The van der Waals surface area contributed by atoms with Crippen LogP contribution in [-0.2, 0) is 0 Å². The number of hydrogen-bond acceptors (Lipinski definition) is 3. The van der Waals surface area contributed by atoms with Crippen LogP contribution in [0, 0.1) is 5.92 Å². The molecular weight excluding hydrogens is 212 g/mol. The average Bonchev–Trinajstić information content (AvgIpc) is 2.39. The Morgan fingerprint density at radius 1 is 1.18 bits per heavy atom. The first-order valence-electron chi connectivity index (χ1n) is 6.21. The number of Topliss-reactive ketones (excluding diaryl/α,β-unsaturated/α-hetero) is 1. The number of hydrogen-bond donors (Lipinski definition) is 1. The van der Waals surface area contributed by atoms with Gasteiger partial charge in [-0.15, -0.1) is 0 Å². The molecule has 0 amide bonds. The van der Waals surface area contributed by atoms with Crippen molar-refractivity contribution in [3.8, 4) is 0 Å². The van der Waals surface area contributed by atoms with Crippen LogP contribution in [0.5, 0.6) is 0 Å². The molecule has 0 unspecified atom stereocenters.